The highest BCUT2D eigenvalue weighted by Gasteiger charge is 2.90. The summed E-state index contributed by atoms with van der Waals surface area (Å²) in [4.78, 5) is 0. The molecule has 206 valence electrons. The number of unbranched alkanes of at least 4 members (excludes halogenated alkanes) is 5. The molecule has 0 fully saturated rings. The fraction of sp³-hybridized carbons (Fsp3) is 0.850. The zero-order valence-corrected chi connectivity index (χ0v) is 18.6. The fourth-order valence-corrected chi connectivity index (χ4v) is 3.22. The Kier molecular flexibility index (Phi) is 9.97. The Balaban J connectivity index is 2.79. The Morgan fingerprint density at radius 2 is 1.14 bits per heavy atom. The molecular weight excluding hydrogens is 515 g/mol. The molecule has 0 N–H and O–H groups in total. The van der Waals surface area contributed by atoms with E-state index in [1.807, 2.05) is 0 Å². The SMILES string of the molecule is CCCCCCCCn1cc[n+](CCCC(F)(F)C(F)(F)C(F)(F)C(F)(F)C(F)(F)C(F)(F)F)c1. The molecule has 0 spiro atoms. The van der Waals surface area contributed by atoms with Crippen molar-refractivity contribution >= 4 is 0 Å². The Bertz CT molecular complexity index is 784. The van der Waals surface area contributed by atoms with Crippen LogP contribution in [-0.4, -0.2) is 40.4 Å². The first-order valence-corrected chi connectivity index (χ1v) is 10.8. The predicted octanol–water partition coefficient (Wildman–Crippen LogP) is 7.66. The lowest BCUT2D eigenvalue weighted by molar-refractivity contribution is -0.697. The summed E-state index contributed by atoms with van der Waals surface area (Å²) >= 11 is 0. The zero-order chi connectivity index (χ0) is 27.3. The quantitative estimate of drug-likeness (QED) is 0.123. The van der Waals surface area contributed by atoms with E-state index in [-0.39, 0.29) is 0 Å². The number of imidazole rings is 1. The van der Waals surface area contributed by atoms with Crippen LogP contribution in [0.25, 0.3) is 0 Å². The van der Waals surface area contributed by atoms with Gasteiger partial charge in [-0.3, -0.25) is 0 Å². The molecule has 15 heteroatoms. The van der Waals surface area contributed by atoms with Crippen LogP contribution in [0.1, 0.15) is 58.3 Å². The van der Waals surface area contributed by atoms with E-state index < -0.39 is 55.2 Å². The Labute approximate surface area is 193 Å². The van der Waals surface area contributed by atoms with Crippen LogP contribution < -0.4 is 4.57 Å². The van der Waals surface area contributed by atoms with Crippen molar-refractivity contribution in [1.29, 1.82) is 0 Å². The number of alkyl halides is 13. The van der Waals surface area contributed by atoms with Gasteiger partial charge in [0.15, 0.2) is 0 Å². The van der Waals surface area contributed by atoms with Gasteiger partial charge in [0.25, 0.3) is 0 Å². The molecule has 0 saturated heterocycles. The molecule has 0 atom stereocenters. The van der Waals surface area contributed by atoms with E-state index in [2.05, 4.69) is 6.92 Å². The average Bonchev–Trinajstić information content (AvgIpc) is 3.16. The summed E-state index contributed by atoms with van der Waals surface area (Å²) in [5.41, 5.74) is 0. The van der Waals surface area contributed by atoms with Crippen LogP contribution in [0.15, 0.2) is 18.7 Å². The number of rotatable bonds is 15. The van der Waals surface area contributed by atoms with E-state index in [0.29, 0.717) is 6.54 Å². The van der Waals surface area contributed by atoms with Crippen molar-refractivity contribution < 1.29 is 61.6 Å². The summed E-state index contributed by atoms with van der Waals surface area (Å²) < 4.78 is 173. The average molecular weight is 541 g/mol. The van der Waals surface area contributed by atoms with Gasteiger partial charge in [-0.1, -0.05) is 32.6 Å². The van der Waals surface area contributed by atoms with Gasteiger partial charge in [0, 0.05) is 6.42 Å². The number of hydrogen-bond donors (Lipinski definition) is 0. The summed E-state index contributed by atoms with van der Waals surface area (Å²) in [6.07, 6.45) is -0.349. The van der Waals surface area contributed by atoms with E-state index in [1.54, 1.807) is 4.57 Å². The lowest BCUT2D eigenvalue weighted by atomic mass is 9.92. The van der Waals surface area contributed by atoms with Crippen LogP contribution >= 0.6 is 0 Å². The van der Waals surface area contributed by atoms with Crippen molar-refractivity contribution in [3.63, 3.8) is 0 Å². The van der Waals surface area contributed by atoms with Crippen molar-refractivity contribution in [1.82, 2.24) is 4.57 Å². The maximum Gasteiger partial charge on any atom is 0.460 e. The third kappa shape index (κ3) is 6.55. The monoisotopic (exact) mass is 541 g/mol. The smallest absolute Gasteiger partial charge is 0.237 e. The molecular formula is C20H26F13N2+. The Morgan fingerprint density at radius 3 is 1.69 bits per heavy atom. The fourth-order valence-electron chi connectivity index (χ4n) is 3.22. The number of halogens is 13. The van der Waals surface area contributed by atoms with Crippen molar-refractivity contribution in [3.8, 4) is 0 Å². The van der Waals surface area contributed by atoms with E-state index in [0.717, 1.165) is 38.5 Å². The lowest BCUT2D eigenvalue weighted by Crippen LogP contribution is -2.70. The summed E-state index contributed by atoms with van der Waals surface area (Å²) in [6, 6.07) is 0. The highest BCUT2D eigenvalue weighted by molar-refractivity contribution is 5.10. The van der Waals surface area contributed by atoms with Crippen LogP contribution in [-0.2, 0) is 13.1 Å². The normalized spacial score (nSPS) is 14.6. The first-order chi connectivity index (χ1) is 15.8. The molecule has 0 aromatic carbocycles. The Hall–Kier alpha value is -1.70. The highest BCUT2D eigenvalue weighted by atomic mass is 19.4. The van der Waals surface area contributed by atoms with Gasteiger partial charge in [-0.15, -0.1) is 0 Å². The molecule has 0 unspecified atom stereocenters. The molecule has 35 heavy (non-hydrogen) atoms. The topological polar surface area (TPSA) is 8.81 Å². The van der Waals surface area contributed by atoms with Crippen LogP contribution in [0.5, 0.6) is 0 Å². The van der Waals surface area contributed by atoms with Gasteiger partial charge in [-0.25, -0.2) is 9.13 Å². The van der Waals surface area contributed by atoms with Gasteiger partial charge >= 0.3 is 35.8 Å². The van der Waals surface area contributed by atoms with Gasteiger partial charge in [-0.2, -0.15) is 57.1 Å². The molecule has 0 bridgehead atoms. The van der Waals surface area contributed by atoms with Crippen LogP contribution in [0, 0.1) is 0 Å². The number of nitrogens with zero attached hydrogens (tertiary/aromatic N) is 2. The molecule has 1 aromatic heterocycles. The molecule has 0 aliphatic heterocycles. The lowest BCUT2D eigenvalue weighted by Gasteiger charge is -2.39. The van der Waals surface area contributed by atoms with E-state index in [4.69, 9.17) is 0 Å². The van der Waals surface area contributed by atoms with Gasteiger partial charge in [0.1, 0.15) is 12.4 Å². The summed E-state index contributed by atoms with van der Waals surface area (Å²) in [5.74, 6) is -36.5. The molecule has 1 aromatic rings. The summed E-state index contributed by atoms with van der Waals surface area (Å²) in [7, 11) is 0. The maximum atomic E-state index is 13.8. The van der Waals surface area contributed by atoms with Crippen LogP contribution in [0.4, 0.5) is 57.1 Å². The minimum absolute atomic E-state index is 0.462. The third-order valence-corrected chi connectivity index (χ3v) is 5.42. The minimum atomic E-state index is -7.85. The second-order valence-corrected chi connectivity index (χ2v) is 8.26. The highest BCUT2D eigenvalue weighted by Crippen LogP contribution is 2.60. The number of aromatic nitrogens is 2. The second-order valence-electron chi connectivity index (χ2n) is 8.26. The van der Waals surface area contributed by atoms with Crippen molar-refractivity contribution in [2.75, 3.05) is 0 Å². The van der Waals surface area contributed by atoms with Crippen molar-refractivity contribution in [2.45, 2.75) is 107 Å². The van der Waals surface area contributed by atoms with Gasteiger partial charge in [0.2, 0.25) is 6.33 Å². The molecule has 0 saturated carbocycles. The summed E-state index contributed by atoms with van der Waals surface area (Å²) in [5, 5.41) is 0. The number of hydrogen-bond acceptors (Lipinski definition) is 0. The van der Waals surface area contributed by atoms with Gasteiger partial charge in [0.05, 0.1) is 13.1 Å². The third-order valence-electron chi connectivity index (χ3n) is 5.42. The largest absolute Gasteiger partial charge is 0.460 e. The maximum absolute atomic E-state index is 13.8. The van der Waals surface area contributed by atoms with Gasteiger partial charge in [-0.05, 0) is 19.3 Å². The standard InChI is InChI=1S/C20H26F13N2/c1-2-3-4-5-6-7-10-34-12-13-35(14-34)11-8-9-15(21,22)16(23,24)17(25,26)18(27,28)19(29,30)20(31,32)33/h12-14H,2-11H2,1H3/q+1. The van der Waals surface area contributed by atoms with E-state index in [9.17, 15) is 57.1 Å². The number of aryl methyl sites for hydroxylation is 2. The predicted molar refractivity (Wildman–Crippen MR) is 98.0 cm³/mol. The molecule has 1 heterocycles. The first-order valence-electron chi connectivity index (χ1n) is 10.8. The van der Waals surface area contributed by atoms with Crippen molar-refractivity contribution in [3.05, 3.63) is 18.7 Å². The molecule has 1 rings (SSSR count). The Morgan fingerprint density at radius 1 is 0.629 bits per heavy atom. The minimum Gasteiger partial charge on any atom is -0.237 e. The molecule has 0 amide bonds. The molecule has 0 radical (unpaired) electrons. The van der Waals surface area contributed by atoms with Crippen molar-refractivity contribution in [2.24, 2.45) is 0 Å². The van der Waals surface area contributed by atoms with E-state index in [1.165, 1.54) is 23.3 Å². The summed E-state index contributed by atoms with van der Waals surface area (Å²) in [6.45, 7) is 2.14. The molecule has 0 aliphatic carbocycles. The van der Waals surface area contributed by atoms with Crippen LogP contribution in [0.3, 0.4) is 0 Å². The zero-order valence-electron chi connectivity index (χ0n) is 18.6. The second kappa shape index (κ2) is 11.1. The van der Waals surface area contributed by atoms with Gasteiger partial charge < -0.3 is 0 Å². The first kappa shape index (κ1) is 31.3. The molecule has 2 nitrogen and oxygen atoms in total. The van der Waals surface area contributed by atoms with Crippen LogP contribution in [0.2, 0.25) is 0 Å². The van der Waals surface area contributed by atoms with E-state index >= 15 is 0 Å². The molecule has 0 aliphatic rings.